The van der Waals surface area contributed by atoms with Crippen molar-refractivity contribution in [3.8, 4) is 0 Å². The van der Waals surface area contributed by atoms with E-state index in [0.29, 0.717) is 0 Å². The van der Waals surface area contributed by atoms with Crippen LogP contribution in [0.2, 0.25) is 0 Å². The summed E-state index contributed by atoms with van der Waals surface area (Å²) >= 11 is 0. The summed E-state index contributed by atoms with van der Waals surface area (Å²) in [5.41, 5.74) is 2.82. The number of non-ortho nitro benzene ring substituents is 1. The van der Waals surface area contributed by atoms with Gasteiger partial charge in [-0.2, -0.15) is 0 Å². The molecule has 178 valence electrons. The van der Waals surface area contributed by atoms with Crippen molar-refractivity contribution in [3.05, 3.63) is 117 Å². The van der Waals surface area contributed by atoms with Crippen molar-refractivity contribution in [1.82, 2.24) is 9.80 Å². The van der Waals surface area contributed by atoms with E-state index >= 15 is 0 Å². The predicted molar refractivity (Wildman–Crippen MR) is 130 cm³/mol. The van der Waals surface area contributed by atoms with Gasteiger partial charge in [0, 0.05) is 23.9 Å². The van der Waals surface area contributed by atoms with Crippen LogP contribution in [-0.2, 0) is 16.1 Å². The second kappa shape index (κ2) is 8.27. The molecule has 2 fully saturated rings. The summed E-state index contributed by atoms with van der Waals surface area (Å²) < 4.78 is 0. The molecule has 4 atom stereocenters. The van der Waals surface area contributed by atoms with Crippen LogP contribution in [0.1, 0.15) is 33.1 Å². The average molecular weight is 479 g/mol. The summed E-state index contributed by atoms with van der Waals surface area (Å²) in [5.74, 6) is -2.56. The van der Waals surface area contributed by atoms with E-state index in [-0.39, 0.29) is 35.4 Å². The normalized spacial score (nSPS) is 23.9. The molecule has 2 amide bonds. The van der Waals surface area contributed by atoms with E-state index < -0.39 is 28.8 Å². The smallest absolute Gasteiger partial charge is 0.269 e. The molecule has 3 aliphatic heterocycles. The van der Waals surface area contributed by atoms with Gasteiger partial charge in [0.1, 0.15) is 6.04 Å². The number of nitro groups is 1. The number of nitrogens with zero attached hydrogens (tertiary/aromatic N) is 3. The molecule has 3 heterocycles. The van der Waals surface area contributed by atoms with Crippen LogP contribution in [0.3, 0.4) is 0 Å². The van der Waals surface area contributed by atoms with Gasteiger partial charge in [-0.05, 0) is 34.9 Å². The van der Waals surface area contributed by atoms with Crippen molar-refractivity contribution < 1.29 is 19.3 Å². The van der Waals surface area contributed by atoms with Gasteiger partial charge in [0.25, 0.3) is 5.69 Å². The molecular formula is C28H21N3O5. The minimum Gasteiger partial charge on any atom is -0.358 e. The number of hydrogen-bond acceptors (Lipinski definition) is 6. The SMILES string of the molecule is O=C(c1ccc([N+](=O)[O-])cc1)[C@H]1[C@H]2C(=O)N(Cc3ccccc3)C(=O)[C@H]2[C@H]2c3ccccc3C=CN21. The van der Waals surface area contributed by atoms with Gasteiger partial charge in [0.2, 0.25) is 11.8 Å². The van der Waals surface area contributed by atoms with Crippen molar-refractivity contribution in [1.29, 1.82) is 0 Å². The van der Waals surface area contributed by atoms with Gasteiger partial charge in [-0.25, -0.2) is 0 Å². The number of Topliss-reactive ketones (excluding diaryl/α,β-unsaturated/α-hetero) is 1. The van der Waals surface area contributed by atoms with Crippen LogP contribution < -0.4 is 0 Å². The number of carbonyl (C=O) groups excluding carboxylic acids is 3. The molecule has 0 saturated carbocycles. The first-order valence-electron chi connectivity index (χ1n) is 11.7. The Hall–Kier alpha value is -4.59. The van der Waals surface area contributed by atoms with E-state index in [2.05, 4.69) is 0 Å². The Kier molecular flexibility index (Phi) is 5.03. The molecule has 0 aliphatic carbocycles. The summed E-state index contributed by atoms with van der Waals surface area (Å²) in [6.45, 7) is 0.147. The number of ketones is 1. The Bertz CT molecular complexity index is 1430. The molecule has 6 rings (SSSR count). The molecule has 2 saturated heterocycles. The highest BCUT2D eigenvalue weighted by molar-refractivity contribution is 6.12. The summed E-state index contributed by atoms with van der Waals surface area (Å²) in [6, 6.07) is 21.0. The van der Waals surface area contributed by atoms with Gasteiger partial charge in [-0.3, -0.25) is 29.4 Å². The second-order valence-corrected chi connectivity index (χ2v) is 9.25. The largest absolute Gasteiger partial charge is 0.358 e. The van der Waals surface area contributed by atoms with Crippen LogP contribution in [0.25, 0.3) is 6.08 Å². The molecular weight excluding hydrogens is 458 g/mol. The summed E-state index contributed by atoms with van der Waals surface area (Å²) in [6.07, 6.45) is 3.68. The highest BCUT2D eigenvalue weighted by Crippen LogP contribution is 2.53. The fourth-order valence-electron chi connectivity index (χ4n) is 5.76. The first-order chi connectivity index (χ1) is 17.5. The van der Waals surface area contributed by atoms with E-state index in [4.69, 9.17) is 0 Å². The highest BCUT2D eigenvalue weighted by atomic mass is 16.6. The van der Waals surface area contributed by atoms with Crippen molar-refractivity contribution in [2.24, 2.45) is 11.8 Å². The molecule has 0 aromatic heterocycles. The predicted octanol–water partition coefficient (Wildman–Crippen LogP) is 3.99. The minimum absolute atomic E-state index is 0.123. The molecule has 0 N–H and O–H groups in total. The first kappa shape index (κ1) is 21.9. The minimum atomic E-state index is -0.900. The topological polar surface area (TPSA) is 101 Å². The van der Waals surface area contributed by atoms with Crippen molar-refractivity contribution in [3.63, 3.8) is 0 Å². The van der Waals surface area contributed by atoms with Crippen molar-refractivity contribution in [2.45, 2.75) is 18.6 Å². The molecule has 3 aromatic carbocycles. The van der Waals surface area contributed by atoms with Gasteiger partial charge in [-0.1, -0.05) is 54.6 Å². The number of hydrogen-bond donors (Lipinski definition) is 0. The Balaban J connectivity index is 1.43. The van der Waals surface area contributed by atoms with Crippen LogP contribution in [0.5, 0.6) is 0 Å². The van der Waals surface area contributed by atoms with Crippen LogP contribution >= 0.6 is 0 Å². The number of fused-ring (bicyclic) bond motifs is 5. The standard InChI is InChI=1S/C28H21N3O5/c32-26(19-10-12-20(13-11-19)31(35)36)25-23-22(24-21-9-5-4-8-18(21)14-15-29(24)25)27(33)30(28(23)34)16-17-6-2-1-3-7-17/h1-15,22-25H,16H2/t22-,23+,24-,25-/m1/s1. The number of benzene rings is 3. The Morgan fingerprint density at radius 3 is 2.25 bits per heavy atom. The third kappa shape index (κ3) is 3.25. The molecule has 36 heavy (non-hydrogen) atoms. The lowest BCUT2D eigenvalue weighted by atomic mass is 9.83. The molecule has 8 heteroatoms. The molecule has 8 nitrogen and oxygen atoms in total. The molecule has 0 spiro atoms. The van der Waals surface area contributed by atoms with E-state index in [0.717, 1.165) is 16.7 Å². The van der Waals surface area contributed by atoms with Crippen LogP contribution in [0.15, 0.2) is 85.1 Å². The summed E-state index contributed by atoms with van der Waals surface area (Å²) in [5, 5.41) is 11.1. The fraction of sp³-hybridized carbons (Fsp3) is 0.179. The molecule has 0 bridgehead atoms. The van der Waals surface area contributed by atoms with E-state index in [9.17, 15) is 24.5 Å². The fourth-order valence-corrected chi connectivity index (χ4v) is 5.76. The van der Waals surface area contributed by atoms with Gasteiger partial charge >= 0.3 is 0 Å². The third-order valence-electron chi connectivity index (χ3n) is 7.37. The van der Waals surface area contributed by atoms with E-state index in [1.54, 1.807) is 6.20 Å². The monoisotopic (exact) mass is 479 g/mol. The zero-order valence-electron chi connectivity index (χ0n) is 19.1. The number of rotatable bonds is 5. The van der Waals surface area contributed by atoms with E-state index in [1.165, 1.54) is 29.2 Å². The van der Waals surface area contributed by atoms with Gasteiger partial charge in [-0.15, -0.1) is 0 Å². The van der Waals surface area contributed by atoms with Gasteiger partial charge in [0.05, 0.1) is 29.3 Å². The molecule has 0 unspecified atom stereocenters. The van der Waals surface area contributed by atoms with Gasteiger partial charge < -0.3 is 4.90 Å². The number of amides is 2. The highest BCUT2D eigenvalue weighted by Gasteiger charge is 2.64. The quantitative estimate of drug-likeness (QED) is 0.237. The maximum atomic E-state index is 13.8. The Labute approximate surface area is 206 Å². The third-order valence-corrected chi connectivity index (χ3v) is 7.37. The van der Waals surface area contributed by atoms with Crippen molar-refractivity contribution in [2.75, 3.05) is 0 Å². The molecule has 0 radical (unpaired) electrons. The van der Waals surface area contributed by atoms with Crippen LogP contribution in [0, 0.1) is 22.0 Å². The zero-order chi connectivity index (χ0) is 25.0. The lowest BCUT2D eigenvalue weighted by Gasteiger charge is -2.35. The maximum Gasteiger partial charge on any atom is 0.269 e. The molecule has 3 aliphatic rings. The lowest BCUT2D eigenvalue weighted by molar-refractivity contribution is -0.384. The zero-order valence-corrected chi connectivity index (χ0v) is 19.1. The second-order valence-electron chi connectivity index (χ2n) is 9.25. The van der Waals surface area contributed by atoms with Crippen molar-refractivity contribution >= 4 is 29.4 Å². The van der Waals surface area contributed by atoms with Gasteiger partial charge in [0.15, 0.2) is 5.78 Å². The number of likely N-dealkylation sites (tertiary alicyclic amines) is 1. The Morgan fingerprint density at radius 2 is 1.53 bits per heavy atom. The molecule has 3 aromatic rings. The average Bonchev–Trinajstić information content (AvgIpc) is 3.37. The summed E-state index contributed by atoms with van der Waals surface area (Å²) in [7, 11) is 0. The lowest BCUT2D eigenvalue weighted by Crippen LogP contribution is -2.44. The first-order valence-corrected chi connectivity index (χ1v) is 11.7. The number of imide groups is 1. The number of carbonyl (C=O) groups is 3. The number of nitro benzene ring substituents is 1. The maximum absolute atomic E-state index is 13.8. The summed E-state index contributed by atoms with van der Waals surface area (Å²) in [4.78, 5) is 55.0. The van der Waals surface area contributed by atoms with Crippen LogP contribution in [-0.4, -0.2) is 38.4 Å². The van der Waals surface area contributed by atoms with E-state index in [1.807, 2.05) is 65.6 Å². The van der Waals surface area contributed by atoms with Crippen LogP contribution in [0.4, 0.5) is 5.69 Å². The Morgan fingerprint density at radius 1 is 0.861 bits per heavy atom.